The van der Waals surface area contributed by atoms with E-state index in [2.05, 4.69) is 0 Å². The van der Waals surface area contributed by atoms with Gasteiger partial charge in [0.2, 0.25) is 0 Å². The molecule has 0 atom stereocenters. The van der Waals surface area contributed by atoms with E-state index in [0.29, 0.717) is 18.8 Å². The number of ether oxygens (including phenoxy) is 1. The fourth-order valence-corrected chi connectivity index (χ4v) is 2.00. The highest BCUT2D eigenvalue weighted by molar-refractivity contribution is 7.90. The molecule has 0 fully saturated rings. The maximum Gasteiger partial charge on any atom is 0.328 e. The lowest BCUT2D eigenvalue weighted by molar-refractivity contribution is -0.131. The zero-order valence-electron chi connectivity index (χ0n) is 10.6. The third-order valence-corrected chi connectivity index (χ3v) is 3.26. The summed E-state index contributed by atoms with van der Waals surface area (Å²) in [6.45, 7) is 0.331. The van der Waals surface area contributed by atoms with Gasteiger partial charge in [-0.15, -0.1) is 0 Å². The second kappa shape index (κ2) is 6.94. The van der Waals surface area contributed by atoms with Crippen molar-refractivity contribution >= 4 is 21.9 Å². The Bertz CT molecular complexity index is 543. The summed E-state index contributed by atoms with van der Waals surface area (Å²) in [5.41, 5.74) is 0.755. The van der Waals surface area contributed by atoms with Crippen molar-refractivity contribution < 1.29 is 23.1 Å². The van der Waals surface area contributed by atoms with E-state index in [1.165, 1.54) is 12.3 Å². The van der Waals surface area contributed by atoms with Gasteiger partial charge in [-0.1, -0.05) is 12.1 Å². The Hall–Kier alpha value is -1.82. The Balaban J connectivity index is 2.42. The summed E-state index contributed by atoms with van der Waals surface area (Å²) in [5.74, 6) is -0.269. The van der Waals surface area contributed by atoms with Crippen LogP contribution >= 0.6 is 0 Å². The lowest BCUT2D eigenvalue weighted by atomic mass is 10.2. The van der Waals surface area contributed by atoms with Crippen LogP contribution in [0.2, 0.25) is 0 Å². The Morgan fingerprint density at radius 1 is 1.32 bits per heavy atom. The monoisotopic (exact) mass is 284 g/mol. The van der Waals surface area contributed by atoms with Crippen molar-refractivity contribution in [3.8, 4) is 5.75 Å². The molecule has 6 heteroatoms. The molecule has 0 saturated carbocycles. The number of hydrogen-bond donors (Lipinski definition) is 1. The maximum absolute atomic E-state index is 10.9. The van der Waals surface area contributed by atoms with Gasteiger partial charge in [0, 0.05) is 12.3 Å². The molecule has 1 aromatic rings. The van der Waals surface area contributed by atoms with Crippen LogP contribution in [0.3, 0.4) is 0 Å². The zero-order chi connectivity index (χ0) is 14.3. The minimum absolute atomic E-state index is 0.104. The summed E-state index contributed by atoms with van der Waals surface area (Å²) < 4.78 is 27.2. The van der Waals surface area contributed by atoms with Crippen molar-refractivity contribution in [2.45, 2.75) is 6.42 Å². The summed E-state index contributed by atoms with van der Waals surface area (Å²) in [6.07, 6.45) is 4.17. The molecule has 0 saturated heterocycles. The van der Waals surface area contributed by atoms with Gasteiger partial charge in [0.05, 0.1) is 12.4 Å². The smallest absolute Gasteiger partial charge is 0.328 e. The Kier molecular flexibility index (Phi) is 5.57. The number of rotatable bonds is 7. The largest absolute Gasteiger partial charge is 0.494 e. The van der Waals surface area contributed by atoms with Crippen LogP contribution in [0.5, 0.6) is 5.75 Å². The van der Waals surface area contributed by atoms with Crippen LogP contribution in [0.15, 0.2) is 30.3 Å². The number of benzene rings is 1. The fraction of sp³-hybridized carbons (Fsp3) is 0.308. The van der Waals surface area contributed by atoms with Crippen LogP contribution in [0.25, 0.3) is 6.08 Å². The number of carboxylic acids is 1. The van der Waals surface area contributed by atoms with E-state index in [9.17, 15) is 13.2 Å². The fourth-order valence-electron chi connectivity index (χ4n) is 1.35. The highest BCUT2D eigenvalue weighted by Gasteiger charge is 2.01. The molecule has 1 N–H and O–H groups in total. The van der Waals surface area contributed by atoms with Gasteiger partial charge in [-0.25, -0.2) is 13.2 Å². The van der Waals surface area contributed by atoms with Crippen LogP contribution in [0.4, 0.5) is 0 Å². The molecular weight excluding hydrogens is 268 g/mol. The number of carboxylic acid groups (broad SMARTS) is 1. The molecule has 0 heterocycles. The predicted octanol–water partition coefficient (Wildman–Crippen LogP) is 1.60. The molecular formula is C13H16O5S. The van der Waals surface area contributed by atoms with Gasteiger partial charge in [-0.3, -0.25) is 0 Å². The molecule has 0 bridgehead atoms. The highest BCUT2D eigenvalue weighted by Crippen LogP contribution is 2.13. The molecule has 0 spiro atoms. The minimum Gasteiger partial charge on any atom is -0.494 e. The quantitative estimate of drug-likeness (QED) is 0.607. The number of sulfone groups is 1. The van der Waals surface area contributed by atoms with Crippen LogP contribution in [0, 0.1) is 0 Å². The molecule has 0 aliphatic carbocycles. The average molecular weight is 284 g/mol. The van der Waals surface area contributed by atoms with Gasteiger partial charge in [-0.05, 0) is 30.2 Å². The van der Waals surface area contributed by atoms with Crippen molar-refractivity contribution in [1.82, 2.24) is 0 Å². The first-order valence-corrected chi connectivity index (χ1v) is 7.74. The minimum atomic E-state index is -2.95. The third kappa shape index (κ3) is 7.25. The van der Waals surface area contributed by atoms with E-state index < -0.39 is 15.8 Å². The van der Waals surface area contributed by atoms with Crippen LogP contribution < -0.4 is 4.74 Å². The Labute approximate surface area is 112 Å². The van der Waals surface area contributed by atoms with Crippen molar-refractivity contribution in [1.29, 1.82) is 0 Å². The molecule has 104 valence electrons. The molecule has 1 aromatic carbocycles. The summed E-state index contributed by atoms with van der Waals surface area (Å²) in [4.78, 5) is 10.3. The van der Waals surface area contributed by atoms with Crippen molar-refractivity contribution in [3.63, 3.8) is 0 Å². The van der Waals surface area contributed by atoms with Gasteiger partial charge in [0.1, 0.15) is 15.6 Å². The van der Waals surface area contributed by atoms with Crippen LogP contribution in [-0.4, -0.2) is 38.1 Å². The van der Waals surface area contributed by atoms with E-state index in [-0.39, 0.29) is 5.75 Å². The first-order chi connectivity index (χ1) is 8.87. The second-order valence-electron chi connectivity index (χ2n) is 4.07. The van der Waals surface area contributed by atoms with Crippen LogP contribution in [-0.2, 0) is 14.6 Å². The normalized spacial score (nSPS) is 11.6. The van der Waals surface area contributed by atoms with Gasteiger partial charge >= 0.3 is 5.97 Å². The predicted molar refractivity (Wildman–Crippen MR) is 72.9 cm³/mol. The Morgan fingerprint density at radius 3 is 2.47 bits per heavy atom. The molecule has 0 radical (unpaired) electrons. The lowest BCUT2D eigenvalue weighted by Gasteiger charge is -2.05. The van der Waals surface area contributed by atoms with E-state index >= 15 is 0 Å². The molecule has 1 rings (SSSR count). The molecule has 0 unspecified atom stereocenters. The van der Waals surface area contributed by atoms with Gasteiger partial charge in [0.25, 0.3) is 0 Å². The SMILES string of the molecule is CS(=O)(=O)CCCOc1ccc(C=CC(=O)O)cc1. The number of aliphatic carboxylic acids is 1. The van der Waals surface area contributed by atoms with Crippen molar-refractivity contribution in [2.24, 2.45) is 0 Å². The molecule has 0 aromatic heterocycles. The maximum atomic E-state index is 10.9. The second-order valence-corrected chi connectivity index (χ2v) is 6.33. The van der Waals surface area contributed by atoms with E-state index in [1.54, 1.807) is 24.3 Å². The summed E-state index contributed by atoms with van der Waals surface area (Å²) in [7, 11) is -2.95. The van der Waals surface area contributed by atoms with E-state index in [1.807, 2.05) is 0 Å². The lowest BCUT2D eigenvalue weighted by Crippen LogP contribution is -2.07. The van der Waals surface area contributed by atoms with Crippen molar-refractivity contribution in [2.75, 3.05) is 18.6 Å². The molecule has 19 heavy (non-hydrogen) atoms. The third-order valence-electron chi connectivity index (χ3n) is 2.23. The average Bonchev–Trinajstić information content (AvgIpc) is 2.32. The summed E-state index contributed by atoms with van der Waals surface area (Å²) >= 11 is 0. The Morgan fingerprint density at radius 2 is 1.95 bits per heavy atom. The first-order valence-electron chi connectivity index (χ1n) is 5.68. The molecule has 0 amide bonds. The summed E-state index contributed by atoms with van der Waals surface area (Å²) in [5, 5.41) is 8.48. The van der Waals surface area contributed by atoms with Gasteiger partial charge in [-0.2, -0.15) is 0 Å². The molecule has 0 aliphatic heterocycles. The number of carbonyl (C=O) groups is 1. The standard InChI is InChI=1S/C13H16O5S/c1-19(16,17)10-2-9-18-12-6-3-11(4-7-12)5-8-13(14)15/h3-8H,2,9-10H2,1H3,(H,14,15). The van der Waals surface area contributed by atoms with E-state index in [0.717, 1.165) is 11.6 Å². The van der Waals surface area contributed by atoms with Crippen molar-refractivity contribution in [3.05, 3.63) is 35.9 Å². The zero-order valence-corrected chi connectivity index (χ0v) is 11.4. The molecule has 0 aliphatic rings. The van der Waals surface area contributed by atoms with Gasteiger partial charge < -0.3 is 9.84 Å². The highest BCUT2D eigenvalue weighted by atomic mass is 32.2. The van der Waals surface area contributed by atoms with Crippen LogP contribution in [0.1, 0.15) is 12.0 Å². The summed E-state index contributed by atoms with van der Waals surface area (Å²) in [6, 6.07) is 6.88. The first kappa shape index (κ1) is 15.2. The number of hydrogen-bond acceptors (Lipinski definition) is 4. The molecule has 5 nitrogen and oxygen atoms in total. The van der Waals surface area contributed by atoms with E-state index in [4.69, 9.17) is 9.84 Å². The topological polar surface area (TPSA) is 80.7 Å². The van der Waals surface area contributed by atoms with Gasteiger partial charge in [0.15, 0.2) is 0 Å².